The molecule has 6 atom stereocenters. The van der Waals surface area contributed by atoms with Crippen molar-refractivity contribution in [2.75, 3.05) is 7.11 Å². The highest BCUT2D eigenvalue weighted by molar-refractivity contribution is 9.10. The number of aromatic hydroxyl groups is 1. The standard InChI is InChI=1S/C21H24BrNO7/c1-3-4-10-7-13-17(19(26)23(18(13)25)20(27)29-2)14-9-16(30-21(10,14)28)12-8-11(22)5-6-15(12)24/h5-6,8,10,13-14,16-17,24,28H,3-4,7,9H2,1-2H3/t10-,13-,14-,16-,17-,21+/m0/s1. The Bertz CT molecular complexity index is 905. The molecule has 2 aliphatic heterocycles. The largest absolute Gasteiger partial charge is 0.508 e. The number of benzene rings is 1. The molecule has 3 aliphatic rings. The average Bonchev–Trinajstić information content (AvgIpc) is 3.18. The van der Waals surface area contributed by atoms with Crippen LogP contribution in [0.1, 0.15) is 44.3 Å². The molecule has 3 fully saturated rings. The fourth-order valence-corrected chi connectivity index (χ4v) is 5.79. The van der Waals surface area contributed by atoms with E-state index in [-0.39, 0.29) is 24.5 Å². The molecule has 1 aromatic rings. The molecule has 162 valence electrons. The first-order valence-electron chi connectivity index (χ1n) is 10.1. The van der Waals surface area contributed by atoms with Gasteiger partial charge in [0.25, 0.3) is 0 Å². The van der Waals surface area contributed by atoms with Crippen LogP contribution in [0.15, 0.2) is 22.7 Å². The van der Waals surface area contributed by atoms with Gasteiger partial charge in [-0.25, -0.2) is 4.79 Å². The van der Waals surface area contributed by atoms with Crippen molar-refractivity contribution in [1.29, 1.82) is 0 Å². The van der Waals surface area contributed by atoms with E-state index in [4.69, 9.17) is 4.74 Å². The maximum absolute atomic E-state index is 13.0. The van der Waals surface area contributed by atoms with Gasteiger partial charge in [-0.3, -0.25) is 9.59 Å². The molecule has 1 saturated carbocycles. The first-order chi connectivity index (χ1) is 14.2. The van der Waals surface area contributed by atoms with Crippen molar-refractivity contribution in [3.63, 3.8) is 0 Å². The van der Waals surface area contributed by atoms with Crippen LogP contribution in [0.5, 0.6) is 5.75 Å². The Morgan fingerprint density at radius 2 is 2.07 bits per heavy atom. The van der Waals surface area contributed by atoms with Gasteiger partial charge in [0.1, 0.15) is 5.75 Å². The van der Waals surface area contributed by atoms with Crippen LogP contribution in [0.2, 0.25) is 0 Å². The number of halogens is 1. The molecule has 1 aromatic carbocycles. The van der Waals surface area contributed by atoms with E-state index in [2.05, 4.69) is 20.7 Å². The number of rotatable bonds is 3. The third kappa shape index (κ3) is 3.06. The molecule has 1 aliphatic carbocycles. The van der Waals surface area contributed by atoms with Gasteiger partial charge >= 0.3 is 6.09 Å². The number of nitrogens with zero attached hydrogens (tertiary/aromatic N) is 1. The Hall–Kier alpha value is -1.97. The van der Waals surface area contributed by atoms with Gasteiger partial charge in [-0.05, 0) is 37.5 Å². The van der Waals surface area contributed by atoms with Gasteiger partial charge in [-0.1, -0.05) is 29.3 Å². The van der Waals surface area contributed by atoms with E-state index in [9.17, 15) is 24.6 Å². The van der Waals surface area contributed by atoms with Crippen molar-refractivity contribution in [3.05, 3.63) is 28.2 Å². The molecule has 2 heterocycles. The lowest BCUT2D eigenvalue weighted by Gasteiger charge is -2.44. The fraction of sp³-hybridized carbons (Fsp3) is 0.571. The summed E-state index contributed by atoms with van der Waals surface area (Å²) in [7, 11) is 1.12. The summed E-state index contributed by atoms with van der Waals surface area (Å²) in [5.41, 5.74) is 0.501. The first kappa shape index (κ1) is 21.3. The highest BCUT2D eigenvalue weighted by Crippen LogP contribution is 2.59. The molecule has 0 aromatic heterocycles. The molecule has 9 heteroatoms. The van der Waals surface area contributed by atoms with Crippen LogP contribution < -0.4 is 0 Å². The number of fused-ring (bicyclic) bond motifs is 3. The van der Waals surface area contributed by atoms with Crippen molar-refractivity contribution in [2.45, 2.75) is 44.5 Å². The molecule has 0 bridgehead atoms. The molecule has 0 unspecified atom stereocenters. The zero-order valence-corrected chi connectivity index (χ0v) is 18.3. The second-order valence-corrected chi connectivity index (χ2v) is 9.15. The van der Waals surface area contributed by atoms with Gasteiger partial charge in [0, 0.05) is 21.9 Å². The van der Waals surface area contributed by atoms with Crippen LogP contribution in [-0.2, 0) is 19.1 Å². The van der Waals surface area contributed by atoms with E-state index in [1.165, 1.54) is 6.07 Å². The Balaban J connectivity index is 1.74. The number of likely N-dealkylation sites (tertiary alicyclic amines) is 1. The van der Waals surface area contributed by atoms with Crippen molar-refractivity contribution < 1.29 is 34.1 Å². The Kier molecular flexibility index (Phi) is 5.40. The second kappa shape index (κ2) is 7.62. The molecule has 2 saturated heterocycles. The molecular weight excluding hydrogens is 458 g/mol. The highest BCUT2D eigenvalue weighted by Gasteiger charge is 2.67. The maximum atomic E-state index is 13.0. The van der Waals surface area contributed by atoms with E-state index in [1.54, 1.807) is 12.1 Å². The van der Waals surface area contributed by atoms with Crippen LogP contribution >= 0.6 is 15.9 Å². The summed E-state index contributed by atoms with van der Waals surface area (Å²) in [4.78, 5) is 38.5. The van der Waals surface area contributed by atoms with E-state index in [0.717, 1.165) is 18.0 Å². The number of amides is 3. The number of carbonyl (C=O) groups excluding carboxylic acids is 3. The topological polar surface area (TPSA) is 113 Å². The number of ether oxygens (including phenoxy) is 2. The first-order valence-corrected chi connectivity index (χ1v) is 10.9. The minimum atomic E-state index is -1.63. The zero-order chi connectivity index (χ0) is 21.8. The number of phenolic OH excluding ortho intramolecular Hbond substituents is 1. The average molecular weight is 482 g/mol. The van der Waals surface area contributed by atoms with Crippen LogP contribution in [0.3, 0.4) is 0 Å². The Labute approximate surface area is 182 Å². The molecule has 8 nitrogen and oxygen atoms in total. The van der Waals surface area contributed by atoms with Crippen LogP contribution in [0.4, 0.5) is 4.79 Å². The number of carbonyl (C=O) groups is 3. The molecule has 0 radical (unpaired) electrons. The summed E-state index contributed by atoms with van der Waals surface area (Å²) >= 11 is 3.38. The molecule has 3 amide bonds. The maximum Gasteiger partial charge on any atom is 0.423 e. The van der Waals surface area contributed by atoms with Gasteiger partial charge in [-0.2, -0.15) is 4.90 Å². The lowest BCUT2D eigenvalue weighted by atomic mass is 9.63. The second-order valence-electron chi connectivity index (χ2n) is 8.24. The van der Waals surface area contributed by atoms with Gasteiger partial charge in [-0.15, -0.1) is 0 Å². The molecule has 4 rings (SSSR count). The normalized spacial score (nSPS) is 35.3. The quantitative estimate of drug-likeness (QED) is 0.637. The lowest BCUT2D eigenvalue weighted by molar-refractivity contribution is -0.270. The van der Waals surface area contributed by atoms with Crippen LogP contribution in [-0.4, -0.2) is 45.9 Å². The van der Waals surface area contributed by atoms with Crippen molar-refractivity contribution in [2.24, 2.45) is 23.7 Å². The number of aliphatic hydroxyl groups is 1. The molecule has 2 N–H and O–H groups in total. The summed E-state index contributed by atoms with van der Waals surface area (Å²) < 4.78 is 11.5. The van der Waals surface area contributed by atoms with E-state index < -0.39 is 47.6 Å². The SMILES string of the molecule is CCC[C@H]1C[C@@H]2C(=O)N(C(=O)OC)C(=O)[C@@H]2[C@@H]2C[C@@H](c3cc(Br)ccc3O)O[C@]12O. The summed E-state index contributed by atoms with van der Waals surface area (Å²) in [5.74, 6) is -5.44. The van der Waals surface area contributed by atoms with E-state index in [0.29, 0.717) is 16.9 Å². The molecule has 30 heavy (non-hydrogen) atoms. The van der Waals surface area contributed by atoms with E-state index in [1.807, 2.05) is 6.92 Å². The molecular formula is C21H24BrNO7. The van der Waals surface area contributed by atoms with Gasteiger partial charge in [0.15, 0.2) is 5.79 Å². The summed E-state index contributed by atoms with van der Waals surface area (Å²) in [5, 5.41) is 22.0. The number of imide groups is 3. The minimum absolute atomic E-state index is 0.0269. The van der Waals surface area contributed by atoms with Gasteiger partial charge in [0.05, 0.1) is 25.0 Å². The van der Waals surface area contributed by atoms with Crippen LogP contribution in [0.25, 0.3) is 0 Å². The number of phenols is 1. The Morgan fingerprint density at radius 3 is 2.73 bits per heavy atom. The third-order valence-corrected chi connectivity index (χ3v) is 7.19. The van der Waals surface area contributed by atoms with Gasteiger partial charge in [0.2, 0.25) is 11.8 Å². The number of hydrogen-bond acceptors (Lipinski definition) is 7. The summed E-state index contributed by atoms with van der Waals surface area (Å²) in [6.45, 7) is 1.97. The number of hydrogen-bond donors (Lipinski definition) is 2. The highest BCUT2D eigenvalue weighted by atomic mass is 79.9. The zero-order valence-electron chi connectivity index (χ0n) is 16.7. The monoisotopic (exact) mass is 481 g/mol. The van der Waals surface area contributed by atoms with E-state index >= 15 is 0 Å². The van der Waals surface area contributed by atoms with Crippen LogP contribution in [0, 0.1) is 23.7 Å². The molecule has 0 spiro atoms. The van der Waals surface area contributed by atoms with Crippen molar-refractivity contribution in [1.82, 2.24) is 4.90 Å². The third-order valence-electron chi connectivity index (χ3n) is 6.69. The Morgan fingerprint density at radius 1 is 1.33 bits per heavy atom. The lowest BCUT2D eigenvalue weighted by Crippen LogP contribution is -2.53. The predicted molar refractivity (Wildman–Crippen MR) is 107 cm³/mol. The minimum Gasteiger partial charge on any atom is -0.508 e. The number of methoxy groups -OCH3 is 1. The fourth-order valence-electron chi connectivity index (χ4n) is 5.41. The van der Waals surface area contributed by atoms with Gasteiger partial charge < -0.3 is 19.7 Å². The van der Waals surface area contributed by atoms with Crippen molar-refractivity contribution in [3.8, 4) is 5.75 Å². The summed E-state index contributed by atoms with van der Waals surface area (Å²) in [6.07, 6.45) is 0.209. The van der Waals surface area contributed by atoms with Crippen molar-refractivity contribution >= 4 is 33.8 Å². The predicted octanol–water partition coefficient (Wildman–Crippen LogP) is 3.11. The smallest absolute Gasteiger partial charge is 0.423 e. The summed E-state index contributed by atoms with van der Waals surface area (Å²) in [6, 6.07) is 4.94.